The zero-order valence-corrected chi connectivity index (χ0v) is 10.7. The molecule has 0 bridgehead atoms. The monoisotopic (exact) mass is 281 g/mol. The molecule has 3 rings (SSSR count). The van der Waals surface area contributed by atoms with Gasteiger partial charge in [0.2, 0.25) is 0 Å². The fourth-order valence-electron chi connectivity index (χ4n) is 2.26. The molecule has 0 atom stereocenters. The van der Waals surface area contributed by atoms with Gasteiger partial charge in [-0.3, -0.25) is 9.59 Å². The summed E-state index contributed by atoms with van der Waals surface area (Å²) in [6.45, 7) is -0.00222. The highest BCUT2D eigenvalue weighted by atomic mass is 19.1. The van der Waals surface area contributed by atoms with Crippen LogP contribution in [0.2, 0.25) is 0 Å². The number of pyridine rings is 1. The number of nitriles is 1. The molecule has 0 fully saturated rings. The molecule has 0 aliphatic carbocycles. The van der Waals surface area contributed by atoms with Crippen molar-refractivity contribution in [2.24, 2.45) is 0 Å². The molecule has 0 radical (unpaired) electrons. The first-order valence-electron chi connectivity index (χ1n) is 6.11. The van der Waals surface area contributed by atoms with Gasteiger partial charge in [0.1, 0.15) is 17.6 Å². The molecule has 102 valence electrons. The minimum atomic E-state index is -0.733. The van der Waals surface area contributed by atoms with Crippen molar-refractivity contribution in [3.8, 4) is 6.07 Å². The Morgan fingerprint density at radius 2 is 2.10 bits per heavy atom. The van der Waals surface area contributed by atoms with Crippen LogP contribution in [0.15, 0.2) is 36.5 Å². The normalized spacial score (nSPS) is 13.2. The van der Waals surface area contributed by atoms with Gasteiger partial charge in [0.15, 0.2) is 0 Å². The van der Waals surface area contributed by atoms with Gasteiger partial charge >= 0.3 is 0 Å². The van der Waals surface area contributed by atoms with E-state index in [1.165, 1.54) is 17.2 Å². The smallest absolute Gasteiger partial charge is 0.299 e. The molecule has 0 saturated carbocycles. The third kappa shape index (κ3) is 2.05. The number of hydrogen-bond donors (Lipinski definition) is 0. The summed E-state index contributed by atoms with van der Waals surface area (Å²) < 4.78 is 13.4. The van der Waals surface area contributed by atoms with Crippen molar-refractivity contribution in [1.82, 2.24) is 4.98 Å². The van der Waals surface area contributed by atoms with Gasteiger partial charge in [-0.1, -0.05) is 6.07 Å². The van der Waals surface area contributed by atoms with E-state index in [0.717, 1.165) is 12.1 Å². The largest absolute Gasteiger partial charge is 0.300 e. The van der Waals surface area contributed by atoms with E-state index >= 15 is 0 Å². The predicted molar refractivity (Wildman–Crippen MR) is 70.9 cm³/mol. The average Bonchev–Trinajstić information content (AvgIpc) is 2.72. The lowest BCUT2D eigenvalue weighted by molar-refractivity contribution is -0.114. The summed E-state index contributed by atoms with van der Waals surface area (Å²) in [4.78, 5) is 29.0. The Morgan fingerprint density at radius 1 is 1.29 bits per heavy atom. The van der Waals surface area contributed by atoms with Crippen LogP contribution < -0.4 is 4.90 Å². The SMILES string of the molecule is N#Cc1ncccc1CN1C(=O)C(=O)c2ccc(F)cc21. The third-order valence-corrected chi connectivity index (χ3v) is 3.26. The molecular formula is C15H8FN3O2. The third-order valence-electron chi connectivity index (χ3n) is 3.26. The molecule has 5 nitrogen and oxygen atoms in total. The van der Waals surface area contributed by atoms with Crippen molar-refractivity contribution < 1.29 is 14.0 Å². The van der Waals surface area contributed by atoms with Crippen molar-refractivity contribution in [3.05, 3.63) is 59.2 Å². The summed E-state index contributed by atoms with van der Waals surface area (Å²) in [6, 6.07) is 8.76. The Bertz CT molecular complexity index is 811. The highest BCUT2D eigenvalue weighted by Gasteiger charge is 2.36. The number of carbonyl (C=O) groups excluding carboxylic acids is 2. The molecule has 0 spiro atoms. The second-order valence-electron chi connectivity index (χ2n) is 4.50. The molecular weight excluding hydrogens is 273 g/mol. The lowest BCUT2D eigenvalue weighted by Gasteiger charge is -2.16. The molecule has 0 N–H and O–H groups in total. The van der Waals surface area contributed by atoms with Crippen LogP contribution in [0.3, 0.4) is 0 Å². The second-order valence-corrected chi connectivity index (χ2v) is 4.50. The van der Waals surface area contributed by atoms with Crippen LogP contribution >= 0.6 is 0 Å². The topological polar surface area (TPSA) is 74.1 Å². The van der Waals surface area contributed by atoms with E-state index in [1.807, 2.05) is 6.07 Å². The molecule has 1 aliphatic heterocycles. The minimum Gasteiger partial charge on any atom is -0.300 e. The Morgan fingerprint density at radius 3 is 2.86 bits per heavy atom. The number of fused-ring (bicyclic) bond motifs is 1. The van der Waals surface area contributed by atoms with Gasteiger partial charge in [-0.15, -0.1) is 0 Å². The number of hydrogen-bond acceptors (Lipinski definition) is 4. The van der Waals surface area contributed by atoms with Crippen LogP contribution in [0, 0.1) is 17.1 Å². The van der Waals surface area contributed by atoms with Gasteiger partial charge in [-0.2, -0.15) is 5.26 Å². The summed E-state index contributed by atoms with van der Waals surface area (Å²) in [5.74, 6) is -1.94. The lowest BCUT2D eigenvalue weighted by Crippen LogP contribution is -2.29. The molecule has 2 heterocycles. The fourth-order valence-corrected chi connectivity index (χ4v) is 2.26. The number of rotatable bonds is 2. The first-order valence-corrected chi connectivity index (χ1v) is 6.11. The summed E-state index contributed by atoms with van der Waals surface area (Å²) in [6.07, 6.45) is 1.46. The van der Waals surface area contributed by atoms with Gasteiger partial charge in [0.05, 0.1) is 17.8 Å². The standard InChI is InChI=1S/C15H8FN3O2/c16-10-3-4-11-13(6-10)19(15(21)14(11)20)8-9-2-1-5-18-12(9)7-17/h1-6H,8H2. The van der Waals surface area contributed by atoms with E-state index in [4.69, 9.17) is 5.26 Å². The number of benzene rings is 1. The van der Waals surface area contributed by atoms with Gasteiger partial charge < -0.3 is 4.90 Å². The minimum absolute atomic E-state index is 0.00222. The van der Waals surface area contributed by atoms with Gasteiger partial charge in [0.25, 0.3) is 11.7 Å². The van der Waals surface area contributed by atoms with E-state index in [9.17, 15) is 14.0 Å². The van der Waals surface area contributed by atoms with Gasteiger partial charge in [0, 0.05) is 11.8 Å². The van der Waals surface area contributed by atoms with Crippen LogP contribution in [-0.2, 0) is 11.3 Å². The molecule has 1 aliphatic rings. The van der Waals surface area contributed by atoms with Crippen LogP contribution in [0.4, 0.5) is 10.1 Å². The van der Waals surface area contributed by atoms with Crippen LogP contribution in [0.25, 0.3) is 0 Å². The Labute approximate surface area is 119 Å². The van der Waals surface area contributed by atoms with Gasteiger partial charge in [-0.25, -0.2) is 9.37 Å². The molecule has 1 aromatic carbocycles. The number of aromatic nitrogens is 1. The van der Waals surface area contributed by atoms with E-state index in [2.05, 4.69) is 4.98 Å². The Balaban J connectivity index is 2.05. The van der Waals surface area contributed by atoms with E-state index in [-0.39, 0.29) is 23.5 Å². The number of ketones is 1. The maximum absolute atomic E-state index is 13.4. The molecule has 1 aromatic heterocycles. The number of amides is 1. The van der Waals surface area contributed by atoms with Crippen molar-refractivity contribution >= 4 is 17.4 Å². The summed E-state index contributed by atoms with van der Waals surface area (Å²) >= 11 is 0. The van der Waals surface area contributed by atoms with Crippen molar-refractivity contribution in [2.45, 2.75) is 6.54 Å². The number of anilines is 1. The zero-order chi connectivity index (χ0) is 15.0. The first-order chi connectivity index (χ1) is 10.1. The van der Waals surface area contributed by atoms with Gasteiger partial charge in [-0.05, 0) is 24.3 Å². The molecule has 0 saturated heterocycles. The quantitative estimate of drug-likeness (QED) is 0.787. The van der Waals surface area contributed by atoms with E-state index < -0.39 is 17.5 Å². The first kappa shape index (κ1) is 12.9. The van der Waals surface area contributed by atoms with E-state index in [1.54, 1.807) is 12.1 Å². The molecule has 2 aromatic rings. The highest BCUT2D eigenvalue weighted by Crippen LogP contribution is 2.31. The maximum Gasteiger partial charge on any atom is 0.299 e. The van der Waals surface area contributed by atoms with Crippen LogP contribution in [0.1, 0.15) is 21.6 Å². The van der Waals surface area contributed by atoms with Crippen molar-refractivity contribution in [1.29, 1.82) is 5.26 Å². The number of carbonyl (C=O) groups is 2. The van der Waals surface area contributed by atoms with Crippen molar-refractivity contribution in [2.75, 3.05) is 4.90 Å². The second kappa shape index (κ2) is 4.80. The van der Waals surface area contributed by atoms with Crippen molar-refractivity contribution in [3.63, 3.8) is 0 Å². The van der Waals surface area contributed by atoms with Crippen LogP contribution in [-0.4, -0.2) is 16.7 Å². The zero-order valence-electron chi connectivity index (χ0n) is 10.7. The Hall–Kier alpha value is -3.07. The summed E-state index contributed by atoms with van der Waals surface area (Å²) in [5.41, 5.74) is 1.06. The highest BCUT2D eigenvalue weighted by molar-refractivity contribution is 6.52. The number of Topliss-reactive ketones (excluding diaryl/α,β-unsaturated/α-hetero) is 1. The maximum atomic E-state index is 13.4. The molecule has 6 heteroatoms. The summed E-state index contributed by atoms with van der Waals surface area (Å²) in [5, 5.41) is 9.01. The molecule has 0 unspecified atom stereocenters. The number of nitrogens with zero attached hydrogens (tertiary/aromatic N) is 3. The lowest BCUT2D eigenvalue weighted by atomic mass is 10.1. The average molecular weight is 281 g/mol. The molecule has 21 heavy (non-hydrogen) atoms. The van der Waals surface area contributed by atoms with Crippen LogP contribution in [0.5, 0.6) is 0 Å². The number of halogens is 1. The molecule has 1 amide bonds. The fraction of sp³-hybridized carbons (Fsp3) is 0.0667. The predicted octanol–water partition coefficient (Wildman–Crippen LogP) is 1.82. The van der Waals surface area contributed by atoms with E-state index in [0.29, 0.717) is 5.56 Å². The summed E-state index contributed by atoms with van der Waals surface area (Å²) in [7, 11) is 0. The Kier molecular flexibility index (Phi) is 2.95.